The summed E-state index contributed by atoms with van der Waals surface area (Å²) in [7, 11) is -2.17. The molecule has 0 aliphatic carbocycles. The molecule has 0 aromatic heterocycles. The van der Waals surface area contributed by atoms with Gasteiger partial charge in [-0.15, -0.1) is 0 Å². The third-order valence-corrected chi connectivity index (χ3v) is 2.28. The predicted octanol–water partition coefficient (Wildman–Crippen LogP) is 2.42. The van der Waals surface area contributed by atoms with Gasteiger partial charge in [-0.2, -0.15) is 0 Å². The Morgan fingerprint density at radius 1 is 1.18 bits per heavy atom. The van der Waals surface area contributed by atoms with Gasteiger partial charge in [0.15, 0.2) is 8.03 Å². The smallest absolute Gasteiger partial charge is 0.189 e. The zero-order valence-electron chi connectivity index (χ0n) is 6.91. The second kappa shape index (κ2) is 10.7. The van der Waals surface area contributed by atoms with Crippen molar-refractivity contribution in [3.8, 4) is 0 Å². The Bertz CT molecular complexity index is 98.4. The third kappa shape index (κ3) is 13.6. The third-order valence-electron chi connectivity index (χ3n) is 1.49. The largest absolute Gasteiger partial charge is 0.346 e. The maximum Gasteiger partial charge on any atom is 0.189 e. The van der Waals surface area contributed by atoms with E-state index in [9.17, 15) is 4.57 Å². The van der Waals surface area contributed by atoms with Gasteiger partial charge >= 0.3 is 0 Å². The van der Waals surface area contributed by atoms with Gasteiger partial charge in [0.25, 0.3) is 0 Å². The van der Waals surface area contributed by atoms with Crippen LogP contribution in [0.3, 0.4) is 0 Å². The van der Waals surface area contributed by atoms with Crippen LogP contribution in [0, 0.1) is 0 Å². The number of rotatable bonds is 6. The minimum atomic E-state index is -2.17. The molecule has 0 spiro atoms. The molecule has 0 aromatic carbocycles. The molecule has 0 radical (unpaired) electrons. The summed E-state index contributed by atoms with van der Waals surface area (Å²) in [6.07, 6.45) is 6.26. The summed E-state index contributed by atoms with van der Waals surface area (Å²) >= 11 is 0. The first-order valence-electron chi connectivity index (χ1n) is 3.99. The Labute approximate surface area is 79.6 Å². The van der Waals surface area contributed by atoms with Crippen LogP contribution in [0.5, 0.6) is 0 Å². The van der Waals surface area contributed by atoms with E-state index in [1.54, 1.807) is 0 Å². The maximum absolute atomic E-state index is 10.2. The van der Waals surface area contributed by atoms with Crippen LogP contribution in [0.2, 0.25) is 0 Å². The average molecular weight is 223 g/mol. The van der Waals surface area contributed by atoms with Gasteiger partial charge in [-0.1, -0.05) is 32.6 Å². The van der Waals surface area contributed by atoms with Gasteiger partial charge < -0.3 is 4.89 Å². The first-order chi connectivity index (χ1) is 4.77. The monoisotopic (exact) mass is 222 g/mol. The molecule has 1 N–H and O–H groups in total. The molecule has 1 atom stereocenters. The molecule has 0 amide bonds. The number of hydrogen-bond acceptors (Lipinski definition) is 1. The zero-order valence-corrected chi connectivity index (χ0v) is 8.90. The van der Waals surface area contributed by atoms with Crippen molar-refractivity contribution in [3.63, 3.8) is 0 Å². The van der Waals surface area contributed by atoms with E-state index in [0.717, 1.165) is 12.8 Å². The van der Waals surface area contributed by atoms with Crippen LogP contribution in [-0.4, -0.2) is 11.1 Å². The Morgan fingerprint density at radius 2 is 1.73 bits per heavy atom. The summed E-state index contributed by atoms with van der Waals surface area (Å²) in [4.78, 5) is 8.46. The molecule has 0 heterocycles. The van der Waals surface area contributed by atoms with Crippen molar-refractivity contribution in [2.75, 3.05) is 6.16 Å². The molecular formula is C7H17NiO2P. The van der Waals surface area contributed by atoms with Gasteiger partial charge in [-0.3, -0.25) is 4.57 Å². The van der Waals surface area contributed by atoms with Crippen molar-refractivity contribution in [2.45, 2.75) is 39.0 Å². The molecule has 0 aliphatic rings. The molecule has 2 nitrogen and oxygen atoms in total. The van der Waals surface area contributed by atoms with E-state index in [1.165, 1.54) is 19.3 Å². The second-order valence-electron chi connectivity index (χ2n) is 2.56. The van der Waals surface area contributed by atoms with E-state index in [4.69, 9.17) is 4.89 Å². The normalized spacial score (nSPS) is 12.2. The molecule has 0 fully saturated rings. The fourth-order valence-electron chi connectivity index (χ4n) is 0.880. The predicted molar refractivity (Wildman–Crippen MR) is 44.8 cm³/mol. The van der Waals surface area contributed by atoms with E-state index >= 15 is 0 Å². The molecule has 72 valence electrons. The van der Waals surface area contributed by atoms with Crippen LogP contribution in [0.15, 0.2) is 0 Å². The summed E-state index contributed by atoms with van der Waals surface area (Å²) in [6, 6.07) is 0. The molecule has 0 aliphatic heterocycles. The van der Waals surface area contributed by atoms with Gasteiger partial charge in [0.05, 0.1) is 0 Å². The molecule has 0 aromatic rings. The summed E-state index contributed by atoms with van der Waals surface area (Å²) in [5, 5.41) is 0. The fraction of sp³-hybridized carbons (Fsp3) is 1.00. The number of unbranched alkanes of at least 4 members (excludes halogenated alkanes) is 4. The van der Waals surface area contributed by atoms with Gasteiger partial charge in [0, 0.05) is 22.7 Å². The Morgan fingerprint density at radius 3 is 2.18 bits per heavy atom. The summed E-state index contributed by atoms with van der Waals surface area (Å²) in [6.45, 7) is 2.16. The summed E-state index contributed by atoms with van der Waals surface area (Å²) in [5.41, 5.74) is 0. The van der Waals surface area contributed by atoms with Crippen LogP contribution in [0.25, 0.3) is 0 Å². The Balaban J connectivity index is 0. The van der Waals surface area contributed by atoms with Crippen LogP contribution in [-0.2, 0) is 21.1 Å². The zero-order chi connectivity index (χ0) is 7.82. The van der Waals surface area contributed by atoms with E-state index < -0.39 is 8.03 Å². The first-order valence-corrected chi connectivity index (χ1v) is 5.55. The van der Waals surface area contributed by atoms with Crippen molar-refractivity contribution >= 4 is 8.03 Å². The van der Waals surface area contributed by atoms with Gasteiger partial charge in [-0.25, -0.2) is 0 Å². The minimum Gasteiger partial charge on any atom is -0.346 e. The second-order valence-corrected chi connectivity index (χ2v) is 3.85. The molecule has 1 unspecified atom stereocenters. The van der Waals surface area contributed by atoms with E-state index in [2.05, 4.69) is 6.92 Å². The molecule has 0 saturated carbocycles. The maximum atomic E-state index is 10.2. The molecule has 0 bridgehead atoms. The van der Waals surface area contributed by atoms with Crippen molar-refractivity contribution in [1.29, 1.82) is 0 Å². The number of hydrogen-bond donors (Lipinski definition) is 1. The molecule has 0 saturated heterocycles. The minimum absolute atomic E-state index is 0. The van der Waals surface area contributed by atoms with E-state index in [-0.39, 0.29) is 16.5 Å². The van der Waals surface area contributed by atoms with E-state index in [0.29, 0.717) is 6.16 Å². The van der Waals surface area contributed by atoms with Crippen LogP contribution < -0.4 is 0 Å². The SMILES string of the molecule is CCCCCCC[PH](=O)O.[Ni]. The van der Waals surface area contributed by atoms with Crippen molar-refractivity contribution < 1.29 is 25.9 Å². The van der Waals surface area contributed by atoms with Crippen molar-refractivity contribution in [3.05, 3.63) is 0 Å². The summed E-state index contributed by atoms with van der Waals surface area (Å²) < 4.78 is 10.2. The average Bonchev–Trinajstić information content (AvgIpc) is 1.87. The topological polar surface area (TPSA) is 37.3 Å². The van der Waals surface area contributed by atoms with E-state index in [1.807, 2.05) is 0 Å². The standard InChI is InChI=1S/C7H17O2P.Ni/c1-2-3-4-5-6-7-10(8)9;/h10H,2-7H2,1H3,(H,8,9);. The van der Waals surface area contributed by atoms with Crippen molar-refractivity contribution in [1.82, 2.24) is 0 Å². The van der Waals surface area contributed by atoms with Crippen LogP contribution >= 0.6 is 8.03 Å². The van der Waals surface area contributed by atoms with Crippen LogP contribution in [0.4, 0.5) is 0 Å². The quantitative estimate of drug-likeness (QED) is 0.426. The molecule has 4 heteroatoms. The fourth-order valence-corrected chi connectivity index (χ4v) is 1.43. The van der Waals surface area contributed by atoms with Gasteiger partial charge in [-0.05, 0) is 6.42 Å². The molecule has 0 rings (SSSR count). The summed E-state index contributed by atoms with van der Waals surface area (Å²) in [5.74, 6) is 0. The molecule has 11 heavy (non-hydrogen) atoms. The van der Waals surface area contributed by atoms with Crippen molar-refractivity contribution in [2.24, 2.45) is 0 Å². The van der Waals surface area contributed by atoms with Crippen LogP contribution in [0.1, 0.15) is 39.0 Å². The Hall–Kier alpha value is 0.684. The van der Waals surface area contributed by atoms with Gasteiger partial charge in [0.1, 0.15) is 0 Å². The Kier molecular flexibility index (Phi) is 13.8. The first kappa shape index (κ1) is 14.2. The molecular weight excluding hydrogens is 206 g/mol. The van der Waals surface area contributed by atoms with Gasteiger partial charge in [0.2, 0.25) is 0 Å².